The fraction of sp³-hybridized carbons (Fsp3) is 0.308. The van der Waals surface area contributed by atoms with Crippen LogP contribution in [0.25, 0.3) is 22.3 Å². The van der Waals surface area contributed by atoms with Crippen LogP contribution >= 0.6 is 0 Å². The summed E-state index contributed by atoms with van der Waals surface area (Å²) >= 11 is 0. The molecule has 0 aromatic heterocycles. The van der Waals surface area contributed by atoms with Crippen molar-refractivity contribution in [1.82, 2.24) is 0 Å². The normalized spacial score (nSPS) is 19.3. The third kappa shape index (κ3) is 4.67. The summed E-state index contributed by atoms with van der Waals surface area (Å²) in [6, 6.07) is 11.7. The number of ether oxygens (including phenoxy) is 1. The Kier molecular flexibility index (Phi) is 6.03. The third-order valence-electron chi connectivity index (χ3n) is 5.86. The molecule has 1 aliphatic heterocycles. The van der Waals surface area contributed by atoms with Crippen molar-refractivity contribution in [3.63, 3.8) is 0 Å². The smallest absolute Gasteiger partial charge is 0.194 e. The molecule has 0 aliphatic carbocycles. The highest BCUT2D eigenvalue weighted by molar-refractivity contribution is 5.71. The monoisotopic (exact) mass is 429 g/mol. The van der Waals surface area contributed by atoms with Gasteiger partial charge in [0, 0.05) is 5.56 Å². The first-order chi connectivity index (χ1) is 15.4. The van der Waals surface area contributed by atoms with E-state index in [4.69, 9.17) is 6.11 Å². The Balaban J connectivity index is 1.54. The van der Waals surface area contributed by atoms with Crippen molar-refractivity contribution in [2.24, 2.45) is 5.92 Å². The van der Waals surface area contributed by atoms with Crippen LogP contribution in [0.1, 0.15) is 45.6 Å². The van der Waals surface area contributed by atoms with E-state index in [1.807, 2.05) is 24.3 Å². The van der Waals surface area contributed by atoms with Crippen LogP contribution in [-0.4, -0.2) is 6.61 Å². The fourth-order valence-corrected chi connectivity index (χ4v) is 4.16. The average molecular weight is 429 g/mol. The molecular formula is C26H24F4O. The number of rotatable bonds is 5. The highest BCUT2D eigenvalue weighted by atomic mass is 19.2. The highest BCUT2D eigenvalue weighted by Crippen LogP contribution is 2.34. The first-order valence-electron chi connectivity index (χ1n) is 11.0. The van der Waals surface area contributed by atoms with E-state index in [1.165, 1.54) is 18.6 Å². The molecule has 2 atom stereocenters. The van der Waals surface area contributed by atoms with Gasteiger partial charge in [0.2, 0.25) is 0 Å². The van der Waals surface area contributed by atoms with Crippen molar-refractivity contribution in [3.8, 4) is 22.3 Å². The van der Waals surface area contributed by atoms with Gasteiger partial charge in [-0.15, -0.1) is 0 Å². The summed E-state index contributed by atoms with van der Waals surface area (Å²) in [6.45, 7) is 2.96. The lowest BCUT2D eigenvalue weighted by Gasteiger charge is -2.29. The summed E-state index contributed by atoms with van der Waals surface area (Å²) < 4.78 is 69.2. The standard InChI is InChI=1S/C26H24F4O/c1-2-3-16-4-11-25(31-15-16)18-7-5-17(6-8-18)19-9-10-21(22(27)12-19)20-13-23(28)26(30)24(29)14-20/h5-10,12-14,16,25H,2-4,11,15H2,1H3/i13D. The first-order valence-corrected chi connectivity index (χ1v) is 10.5. The zero-order valence-corrected chi connectivity index (χ0v) is 17.2. The van der Waals surface area contributed by atoms with E-state index in [9.17, 15) is 17.6 Å². The Hall–Kier alpha value is -2.66. The summed E-state index contributed by atoms with van der Waals surface area (Å²) in [5.41, 5.74) is 1.94. The number of halogens is 4. The molecule has 162 valence electrons. The molecule has 0 bridgehead atoms. The Morgan fingerprint density at radius 3 is 2.23 bits per heavy atom. The molecule has 0 saturated carbocycles. The van der Waals surface area contributed by atoms with Crippen LogP contribution < -0.4 is 0 Å². The minimum absolute atomic E-state index is 0.0648. The number of benzene rings is 3. The molecule has 0 amide bonds. The van der Waals surface area contributed by atoms with Crippen molar-refractivity contribution >= 4 is 0 Å². The Morgan fingerprint density at radius 2 is 1.58 bits per heavy atom. The second-order valence-corrected chi connectivity index (χ2v) is 8.03. The van der Waals surface area contributed by atoms with Gasteiger partial charge >= 0.3 is 0 Å². The molecule has 1 aliphatic rings. The maximum Gasteiger partial charge on any atom is 0.194 e. The quantitative estimate of drug-likeness (QED) is 0.296. The Morgan fingerprint density at radius 1 is 0.871 bits per heavy atom. The van der Waals surface area contributed by atoms with Crippen LogP contribution in [0.15, 0.2) is 54.6 Å². The largest absolute Gasteiger partial charge is 0.373 e. The molecule has 1 heterocycles. The number of hydrogen-bond donors (Lipinski definition) is 0. The minimum Gasteiger partial charge on any atom is -0.373 e. The lowest BCUT2D eigenvalue weighted by molar-refractivity contribution is -0.0194. The van der Waals surface area contributed by atoms with Gasteiger partial charge in [-0.25, -0.2) is 17.6 Å². The van der Waals surface area contributed by atoms with Crippen LogP contribution in [-0.2, 0) is 4.74 Å². The molecule has 4 rings (SSSR count). The van der Waals surface area contributed by atoms with Crippen molar-refractivity contribution in [2.75, 3.05) is 6.61 Å². The van der Waals surface area contributed by atoms with Gasteiger partial charge in [0.15, 0.2) is 17.5 Å². The molecular weight excluding hydrogens is 404 g/mol. The molecule has 2 unspecified atom stereocenters. The van der Waals surface area contributed by atoms with E-state index in [0.717, 1.165) is 37.0 Å². The van der Waals surface area contributed by atoms with Crippen LogP contribution in [0.5, 0.6) is 0 Å². The second-order valence-electron chi connectivity index (χ2n) is 8.03. The maximum absolute atomic E-state index is 14.8. The van der Waals surface area contributed by atoms with E-state index in [0.29, 0.717) is 17.5 Å². The van der Waals surface area contributed by atoms with Crippen molar-refractivity contribution in [3.05, 3.63) is 83.4 Å². The molecule has 3 aromatic carbocycles. The summed E-state index contributed by atoms with van der Waals surface area (Å²) in [4.78, 5) is 0. The van der Waals surface area contributed by atoms with Crippen LogP contribution in [0, 0.1) is 29.2 Å². The molecule has 1 saturated heterocycles. The molecule has 31 heavy (non-hydrogen) atoms. The van der Waals surface area contributed by atoms with Crippen LogP contribution in [0.4, 0.5) is 17.6 Å². The average Bonchev–Trinajstić information content (AvgIpc) is 2.81. The van der Waals surface area contributed by atoms with Gasteiger partial charge in [-0.2, -0.15) is 0 Å². The summed E-state index contributed by atoms with van der Waals surface area (Å²) in [5, 5.41) is 0. The Bertz CT molecular complexity index is 1110. The maximum atomic E-state index is 14.8. The van der Waals surface area contributed by atoms with Crippen LogP contribution in [0.3, 0.4) is 0 Å². The molecule has 1 nitrogen and oxygen atoms in total. The lowest BCUT2D eigenvalue weighted by atomic mass is 9.91. The van der Waals surface area contributed by atoms with Crippen molar-refractivity contribution in [1.29, 1.82) is 0 Å². The fourth-order valence-electron chi connectivity index (χ4n) is 4.16. The van der Waals surface area contributed by atoms with Gasteiger partial charge in [0.05, 0.1) is 14.1 Å². The lowest BCUT2D eigenvalue weighted by Crippen LogP contribution is -2.20. The van der Waals surface area contributed by atoms with Gasteiger partial charge in [-0.05, 0) is 65.6 Å². The van der Waals surface area contributed by atoms with Crippen LogP contribution in [0.2, 0.25) is 0 Å². The van der Waals surface area contributed by atoms with E-state index in [1.54, 1.807) is 6.07 Å². The predicted octanol–water partition coefficient (Wildman–Crippen LogP) is 7.84. The van der Waals surface area contributed by atoms with Gasteiger partial charge in [0.1, 0.15) is 5.82 Å². The third-order valence-corrected chi connectivity index (χ3v) is 5.86. The van der Waals surface area contributed by atoms with Gasteiger partial charge in [-0.3, -0.25) is 0 Å². The summed E-state index contributed by atoms with van der Waals surface area (Å²) in [5.74, 6) is -4.95. The summed E-state index contributed by atoms with van der Waals surface area (Å²) in [7, 11) is 0. The van der Waals surface area contributed by atoms with Crippen molar-refractivity contribution in [2.45, 2.75) is 38.7 Å². The van der Waals surface area contributed by atoms with E-state index < -0.39 is 29.3 Å². The zero-order valence-electron chi connectivity index (χ0n) is 18.2. The second kappa shape index (κ2) is 9.23. The predicted molar refractivity (Wildman–Crippen MR) is 113 cm³/mol. The molecule has 0 radical (unpaired) electrons. The topological polar surface area (TPSA) is 9.23 Å². The minimum atomic E-state index is -1.74. The Labute approximate surface area is 181 Å². The molecule has 0 N–H and O–H groups in total. The van der Waals surface area contributed by atoms with E-state index >= 15 is 0 Å². The van der Waals surface area contributed by atoms with Crippen molar-refractivity contribution < 1.29 is 23.7 Å². The zero-order chi connectivity index (χ0) is 22.8. The highest BCUT2D eigenvalue weighted by Gasteiger charge is 2.22. The summed E-state index contributed by atoms with van der Waals surface area (Å²) in [6.07, 6.45) is 4.54. The van der Waals surface area contributed by atoms with Gasteiger partial charge < -0.3 is 4.74 Å². The van der Waals surface area contributed by atoms with E-state index in [2.05, 4.69) is 6.92 Å². The molecule has 1 fully saturated rings. The molecule has 5 heteroatoms. The van der Waals surface area contributed by atoms with Gasteiger partial charge in [0.25, 0.3) is 0 Å². The number of hydrogen-bond acceptors (Lipinski definition) is 1. The molecule has 0 spiro atoms. The first kappa shape index (κ1) is 20.3. The molecule has 3 aromatic rings. The van der Waals surface area contributed by atoms with Gasteiger partial charge in [-0.1, -0.05) is 49.7 Å². The SMILES string of the molecule is [2H]c1c(-c2ccc(-c3ccc(C4CCC(CCC)CO4)cc3)cc2F)cc(F)c(F)c1F. The van der Waals surface area contributed by atoms with E-state index in [-0.39, 0.29) is 17.2 Å².